The van der Waals surface area contributed by atoms with Crippen LogP contribution in [0.1, 0.15) is 12.0 Å². The van der Waals surface area contributed by atoms with Crippen molar-refractivity contribution in [2.75, 3.05) is 18.6 Å². The number of fused-ring (bicyclic) bond motifs is 1. The second-order valence-corrected chi connectivity index (χ2v) is 10.1. The number of hydrogen-bond donors (Lipinski definition) is 2. The number of nitrogens with zero attached hydrogens (tertiary/aromatic N) is 3. The maximum Gasteiger partial charge on any atom is 0.211 e. The zero-order valence-electron chi connectivity index (χ0n) is 16.8. The van der Waals surface area contributed by atoms with Crippen LogP contribution in [0, 0.1) is 6.92 Å². The summed E-state index contributed by atoms with van der Waals surface area (Å²) >= 11 is 1.51. The Morgan fingerprint density at radius 2 is 1.97 bits per heavy atom. The second kappa shape index (κ2) is 8.63. The molecule has 0 amide bonds. The van der Waals surface area contributed by atoms with Gasteiger partial charge >= 0.3 is 0 Å². The van der Waals surface area contributed by atoms with Gasteiger partial charge in [0.1, 0.15) is 0 Å². The minimum Gasteiger partial charge on any atom is -0.360 e. The zero-order valence-corrected chi connectivity index (χ0v) is 18.4. The number of H-pyrrole nitrogens is 1. The van der Waals surface area contributed by atoms with E-state index >= 15 is 0 Å². The first kappa shape index (κ1) is 20.6. The highest BCUT2D eigenvalue weighted by atomic mass is 32.2. The van der Waals surface area contributed by atoms with Gasteiger partial charge in [0.05, 0.1) is 5.75 Å². The summed E-state index contributed by atoms with van der Waals surface area (Å²) in [6.07, 6.45) is 2.48. The Morgan fingerprint density at radius 3 is 2.77 bits per heavy atom. The number of hydrogen-bond acceptors (Lipinski definition) is 5. The number of aromatic nitrogens is 4. The number of sulfonamides is 1. The Labute approximate surface area is 180 Å². The monoisotopic (exact) mass is 441 g/mol. The SMILES string of the molecule is CNS(=O)(=O)CCCSc1nnc(-c2c[nH]c3ccccc23)n1-c1cccc(C)c1. The van der Waals surface area contributed by atoms with Gasteiger partial charge in [-0.15, -0.1) is 10.2 Å². The van der Waals surface area contributed by atoms with Crippen molar-refractivity contribution in [3.63, 3.8) is 0 Å². The summed E-state index contributed by atoms with van der Waals surface area (Å²) < 4.78 is 27.7. The quantitative estimate of drug-likeness (QED) is 0.321. The average Bonchev–Trinajstić information content (AvgIpc) is 3.35. The Morgan fingerprint density at radius 1 is 1.13 bits per heavy atom. The van der Waals surface area contributed by atoms with Gasteiger partial charge in [0.25, 0.3) is 0 Å². The van der Waals surface area contributed by atoms with Crippen LogP contribution in [0.3, 0.4) is 0 Å². The number of aryl methyl sites for hydroxylation is 1. The van der Waals surface area contributed by atoms with E-state index in [1.807, 2.05) is 41.1 Å². The highest BCUT2D eigenvalue weighted by Crippen LogP contribution is 2.32. The first-order valence-corrected chi connectivity index (χ1v) is 12.3. The van der Waals surface area contributed by atoms with Gasteiger partial charge in [0, 0.05) is 34.1 Å². The van der Waals surface area contributed by atoms with Crippen molar-refractivity contribution < 1.29 is 8.42 Å². The number of nitrogens with one attached hydrogen (secondary N) is 2. The van der Waals surface area contributed by atoms with Crippen molar-refractivity contribution >= 4 is 32.7 Å². The van der Waals surface area contributed by atoms with Crippen molar-refractivity contribution in [1.82, 2.24) is 24.5 Å². The van der Waals surface area contributed by atoms with Crippen LogP contribution in [0.2, 0.25) is 0 Å². The van der Waals surface area contributed by atoms with Crippen molar-refractivity contribution in [2.24, 2.45) is 0 Å². The lowest BCUT2D eigenvalue weighted by molar-refractivity contribution is 0.587. The van der Waals surface area contributed by atoms with E-state index in [1.54, 1.807) is 0 Å². The van der Waals surface area contributed by atoms with E-state index in [0.717, 1.165) is 38.7 Å². The fraction of sp³-hybridized carbons (Fsp3) is 0.238. The predicted octanol–water partition coefficient (Wildman–Crippen LogP) is 3.76. The molecule has 9 heteroatoms. The number of para-hydroxylation sites is 1. The number of benzene rings is 2. The van der Waals surface area contributed by atoms with Crippen LogP contribution in [0.25, 0.3) is 28.0 Å². The minimum atomic E-state index is -3.21. The maximum absolute atomic E-state index is 11.7. The zero-order chi connectivity index (χ0) is 21.1. The molecular weight excluding hydrogens is 418 g/mol. The van der Waals surface area contributed by atoms with E-state index in [2.05, 4.69) is 45.0 Å². The molecule has 0 fully saturated rings. The third kappa shape index (κ3) is 4.28. The first-order valence-electron chi connectivity index (χ1n) is 9.61. The lowest BCUT2D eigenvalue weighted by Gasteiger charge is -2.11. The highest BCUT2D eigenvalue weighted by Gasteiger charge is 2.19. The van der Waals surface area contributed by atoms with Crippen LogP contribution >= 0.6 is 11.8 Å². The summed E-state index contributed by atoms with van der Waals surface area (Å²) in [5.41, 5.74) is 4.13. The van der Waals surface area contributed by atoms with Crippen molar-refractivity contribution in [2.45, 2.75) is 18.5 Å². The fourth-order valence-electron chi connectivity index (χ4n) is 3.31. The van der Waals surface area contributed by atoms with Gasteiger partial charge in [0.15, 0.2) is 11.0 Å². The molecule has 2 N–H and O–H groups in total. The fourth-order valence-corrected chi connectivity index (χ4v) is 5.11. The molecule has 0 bridgehead atoms. The lowest BCUT2D eigenvalue weighted by atomic mass is 10.1. The third-order valence-corrected chi connectivity index (χ3v) is 7.29. The van der Waals surface area contributed by atoms with E-state index in [9.17, 15) is 8.42 Å². The van der Waals surface area contributed by atoms with Crippen LogP contribution in [0.5, 0.6) is 0 Å². The molecule has 4 aromatic rings. The van der Waals surface area contributed by atoms with Gasteiger partial charge in [-0.05, 0) is 44.2 Å². The highest BCUT2D eigenvalue weighted by molar-refractivity contribution is 7.99. The molecule has 0 aliphatic carbocycles. The first-order chi connectivity index (χ1) is 14.5. The standard InChI is InChI=1S/C21H23N5O2S2/c1-15-7-5-8-16(13-15)26-20(18-14-23-19-10-4-3-9-17(18)19)24-25-21(26)29-11-6-12-30(27,28)22-2/h3-5,7-10,13-14,22-23H,6,11-12H2,1-2H3. The summed E-state index contributed by atoms with van der Waals surface area (Å²) in [5.74, 6) is 1.46. The lowest BCUT2D eigenvalue weighted by Crippen LogP contribution is -2.22. The summed E-state index contributed by atoms with van der Waals surface area (Å²) in [6, 6.07) is 16.3. The smallest absolute Gasteiger partial charge is 0.211 e. The molecule has 2 aromatic carbocycles. The summed E-state index contributed by atoms with van der Waals surface area (Å²) in [6.45, 7) is 2.05. The van der Waals surface area contributed by atoms with E-state index in [0.29, 0.717) is 12.2 Å². The predicted molar refractivity (Wildman–Crippen MR) is 122 cm³/mol. The Bertz CT molecular complexity index is 1280. The van der Waals surface area contributed by atoms with Crippen LogP contribution in [-0.4, -0.2) is 46.7 Å². The summed E-state index contributed by atoms with van der Waals surface area (Å²) in [5, 5.41) is 10.8. The molecule has 7 nitrogen and oxygen atoms in total. The number of thioether (sulfide) groups is 1. The van der Waals surface area contributed by atoms with Crippen LogP contribution in [0.4, 0.5) is 0 Å². The molecule has 0 unspecified atom stereocenters. The second-order valence-electron chi connectivity index (χ2n) is 6.95. The topological polar surface area (TPSA) is 92.7 Å². The Hall–Kier alpha value is -2.62. The molecule has 0 aliphatic rings. The van der Waals surface area contributed by atoms with E-state index < -0.39 is 10.0 Å². The molecule has 0 atom stereocenters. The molecule has 4 rings (SSSR count). The number of aromatic amines is 1. The van der Waals surface area contributed by atoms with Gasteiger partial charge < -0.3 is 4.98 Å². The molecule has 0 radical (unpaired) electrons. The Kier molecular flexibility index (Phi) is 5.94. The molecule has 30 heavy (non-hydrogen) atoms. The van der Waals surface area contributed by atoms with Crippen LogP contribution in [0.15, 0.2) is 59.9 Å². The summed E-state index contributed by atoms with van der Waals surface area (Å²) in [4.78, 5) is 3.30. The largest absolute Gasteiger partial charge is 0.360 e. The molecule has 0 spiro atoms. The molecular formula is C21H23N5O2S2. The van der Waals surface area contributed by atoms with Gasteiger partial charge in [-0.2, -0.15) is 0 Å². The molecule has 2 heterocycles. The van der Waals surface area contributed by atoms with Gasteiger partial charge in [-0.1, -0.05) is 42.1 Å². The van der Waals surface area contributed by atoms with Gasteiger partial charge in [-0.25, -0.2) is 13.1 Å². The normalized spacial score (nSPS) is 11.9. The molecule has 156 valence electrons. The molecule has 0 saturated heterocycles. The van der Waals surface area contributed by atoms with E-state index in [1.165, 1.54) is 18.8 Å². The summed E-state index contributed by atoms with van der Waals surface area (Å²) in [7, 11) is -1.77. The Balaban J connectivity index is 1.71. The van der Waals surface area contributed by atoms with Crippen molar-refractivity contribution in [3.05, 3.63) is 60.3 Å². The maximum atomic E-state index is 11.7. The van der Waals surface area contributed by atoms with Crippen molar-refractivity contribution in [3.8, 4) is 17.1 Å². The minimum absolute atomic E-state index is 0.0877. The third-order valence-electron chi connectivity index (χ3n) is 4.82. The van der Waals surface area contributed by atoms with E-state index in [4.69, 9.17) is 0 Å². The van der Waals surface area contributed by atoms with Crippen LogP contribution < -0.4 is 4.72 Å². The van der Waals surface area contributed by atoms with Crippen LogP contribution in [-0.2, 0) is 10.0 Å². The van der Waals surface area contributed by atoms with Gasteiger partial charge in [-0.3, -0.25) is 4.57 Å². The average molecular weight is 442 g/mol. The molecule has 2 aromatic heterocycles. The molecule has 0 aliphatic heterocycles. The van der Waals surface area contributed by atoms with Crippen molar-refractivity contribution in [1.29, 1.82) is 0 Å². The molecule has 0 saturated carbocycles. The van der Waals surface area contributed by atoms with E-state index in [-0.39, 0.29) is 5.75 Å². The van der Waals surface area contributed by atoms with Gasteiger partial charge in [0.2, 0.25) is 10.0 Å². The number of rotatable bonds is 8.